The Morgan fingerprint density at radius 2 is 1.80 bits per heavy atom. The zero-order valence-electron chi connectivity index (χ0n) is 19.6. The van der Waals surface area contributed by atoms with Crippen LogP contribution in [0.25, 0.3) is 11.0 Å². The van der Waals surface area contributed by atoms with Gasteiger partial charge in [-0.25, -0.2) is 0 Å². The summed E-state index contributed by atoms with van der Waals surface area (Å²) >= 11 is 6.03. The number of furan rings is 1. The van der Waals surface area contributed by atoms with Crippen LogP contribution in [-0.4, -0.2) is 18.8 Å². The number of halogens is 1. The molecule has 1 atom stereocenters. The molecule has 4 aromatic rings. The number of amides is 1. The Kier molecular flexibility index (Phi) is 5.77. The number of ether oxygens (including phenoxy) is 2. The molecule has 1 aliphatic heterocycles. The molecule has 2 heterocycles. The summed E-state index contributed by atoms with van der Waals surface area (Å²) in [6, 6.07) is 18.2. The number of hydrogen-bond donors (Lipinski definition) is 1. The van der Waals surface area contributed by atoms with Gasteiger partial charge >= 0.3 is 0 Å². The topological polar surface area (TPSA) is 77.8 Å². The van der Waals surface area contributed by atoms with Crippen LogP contribution >= 0.6 is 11.6 Å². The number of benzene rings is 3. The molecule has 0 bridgehead atoms. The second-order valence-electron chi connectivity index (χ2n) is 8.84. The average Bonchev–Trinajstić information content (AvgIpc) is 3.19. The number of carbonyl (C=O) groups is 2. The van der Waals surface area contributed by atoms with Gasteiger partial charge in [0.05, 0.1) is 19.1 Å². The van der Waals surface area contributed by atoms with Crippen molar-refractivity contribution in [1.29, 1.82) is 0 Å². The van der Waals surface area contributed by atoms with Crippen molar-refractivity contribution >= 4 is 34.3 Å². The summed E-state index contributed by atoms with van der Waals surface area (Å²) in [6.07, 6.45) is 0.157. The van der Waals surface area contributed by atoms with Gasteiger partial charge in [0.15, 0.2) is 11.5 Å². The van der Waals surface area contributed by atoms with Crippen molar-refractivity contribution in [2.45, 2.75) is 32.4 Å². The minimum atomic E-state index is -0.821. The van der Waals surface area contributed by atoms with Crippen LogP contribution in [0.4, 0.5) is 0 Å². The van der Waals surface area contributed by atoms with Gasteiger partial charge in [0.1, 0.15) is 22.7 Å². The largest absolute Gasteiger partial charge is 0.497 e. The number of ketones is 1. The highest BCUT2D eigenvalue weighted by Crippen LogP contribution is 2.44. The van der Waals surface area contributed by atoms with Gasteiger partial charge in [0.25, 0.3) is 5.91 Å². The molecule has 0 aliphatic carbocycles. The lowest BCUT2D eigenvalue weighted by Crippen LogP contribution is -2.36. The Morgan fingerprint density at radius 3 is 2.49 bits per heavy atom. The fourth-order valence-electron chi connectivity index (χ4n) is 4.54. The van der Waals surface area contributed by atoms with E-state index in [0.29, 0.717) is 39.4 Å². The number of fused-ring (bicyclic) bond motifs is 3. The van der Waals surface area contributed by atoms with E-state index in [-0.39, 0.29) is 23.9 Å². The minimum absolute atomic E-state index is 0.0663. The van der Waals surface area contributed by atoms with E-state index < -0.39 is 5.60 Å². The van der Waals surface area contributed by atoms with Crippen LogP contribution in [0.5, 0.6) is 11.5 Å². The van der Waals surface area contributed by atoms with E-state index in [9.17, 15) is 9.59 Å². The molecular formula is C28H24ClNO5. The minimum Gasteiger partial charge on any atom is -0.497 e. The van der Waals surface area contributed by atoms with Crippen LogP contribution < -0.4 is 14.8 Å². The molecule has 35 heavy (non-hydrogen) atoms. The van der Waals surface area contributed by atoms with Gasteiger partial charge in [0.2, 0.25) is 0 Å². The van der Waals surface area contributed by atoms with Crippen molar-refractivity contribution in [2.24, 2.45) is 0 Å². The molecule has 0 saturated heterocycles. The van der Waals surface area contributed by atoms with Crippen molar-refractivity contribution < 1.29 is 23.5 Å². The Morgan fingerprint density at radius 1 is 1.09 bits per heavy atom. The maximum Gasteiger partial charge on any atom is 0.287 e. The van der Waals surface area contributed by atoms with Gasteiger partial charge < -0.3 is 19.2 Å². The molecule has 0 radical (unpaired) electrons. The molecule has 6 nitrogen and oxygen atoms in total. The summed E-state index contributed by atoms with van der Waals surface area (Å²) in [6.45, 7) is 4.01. The lowest BCUT2D eigenvalue weighted by molar-refractivity contribution is 0.0507. The first kappa shape index (κ1) is 23.0. The molecule has 3 aromatic carbocycles. The van der Waals surface area contributed by atoms with Gasteiger partial charge in [-0.1, -0.05) is 35.9 Å². The van der Waals surface area contributed by atoms with Gasteiger partial charge in [0, 0.05) is 22.5 Å². The van der Waals surface area contributed by atoms with E-state index in [1.54, 1.807) is 38.3 Å². The third kappa shape index (κ3) is 4.15. The fourth-order valence-corrected chi connectivity index (χ4v) is 4.67. The monoisotopic (exact) mass is 489 g/mol. The van der Waals surface area contributed by atoms with Gasteiger partial charge in [-0.3, -0.25) is 9.59 Å². The summed E-state index contributed by atoms with van der Waals surface area (Å²) in [7, 11) is 1.60. The predicted molar refractivity (Wildman–Crippen MR) is 133 cm³/mol. The smallest absolute Gasteiger partial charge is 0.287 e. The number of hydrogen-bond acceptors (Lipinski definition) is 5. The Labute approximate surface area is 207 Å². The highest BCUT2D eigenvalue weighted by molar-refractivity contribution is 6.30. The Balaban J connectivity index is 1.44. The summed E-state index contributed by atoms with van der Waals surface area (Å²) in [5.74, 6) is 0.986. The summed E-state index contributed by atoms with van der Waals surface area (Å²) < 4.78 is 17.4. The lowest BCUT2D eigenvalue weighted by Gasteiger charge is -2.35. The predicted octanol–water partition coefficient (Wildman–Crippen LogP) is 6.21. The van der Waals surface area contributed by atoms with Crippen molar-refractivity contribution in [3.63, 3.8) is 0 Å². The molecule has 1 aromatic heterocycles. The maximum absolute atomic E-state index is 13.4. The number of carbonyl (C=O) groups excluding carboxylic acids is 2. The first-order valence-electron chi connectivity index (χ1n) is 11.2. The first-order valence-corrected chi connectivity index (χ1v) is 11.6. The normalized spacial score (nSPS) is 17.1. The van der Waals surface area contributed by atoms with E-state index in [4.69, 9.17) is 25.5 Å². The Hall–Kier alpha value is -3.77. The fraction of sp³-hybridized carbons (Fsp3) is 0.214. The standard InChI is InChI=1S/C28H24ClNO5/c1-16-24-22(34-26(16)27(32)30-15-17-4-10-20(33-3)11-5-17)12-13-23-25(24)21(31)14-28(2,35-23)18-6-8-19(29)9-7-18/h4-13H,14-15H2,1-3H3,(H,30,32)/t28-/m0/s1. The van der Waals surface area contributed by atoms with Crippen LogP contribution in [0.2, 0.25) is 5.02 Å². The van der Waals surface area contributed by atoms with Crippen LogP contribution in [0.3, 0.4) is 0 Å². The molecule has 7 heteroatoms. The zero-order chi connectivity index (χ0) is 24.7. The maximum atomic E-state index is 13.4. The molecule has 1 amide bonds. The number of methoxy groups -OCH3 is 1. The highest BCUT2D eigenvalue weighted by atomic mass is 35.5. The molecule has 0 spiro atoms. The number of nitrogens with one attached hydrogen (secondary N) is 1. The molecule has 178 valence electrons. The molecule has 1 N–H and O–H groups in total. The van der Waals surface area contributed by atoms with Crippen LogP contribution in [0.15, 0.2) is 65.1 Å². The molecule has 0 saturated carbocycles. The second kappa shape index (κ2) is 8.78. The van der Waals surface area contributed by atoms with Crippen molar-refractivity contribution in [2.75, 3.05) is 7.11 Å². The Bertz CT molecular complexity index is 1440. The second-order valence-corrected chi connectivity index (χ2v) is 9.27. The van der Waals surface area contributed by atoms with E-state index in [2.05, 4.69) is 5.32 Å². The summed E-state index contributed by atoms with van der Waals surface area (Å²) in [5, 5.41) is 4.11. The third-order valence-corrected chi connectivity index (χ3v) is 6.69. The van der Waals surface area contributed by atoms with Gasteiger partial charge in [-0.05, 0) is 61.4 Å². The van der Waals surface area contributed by atoms with Gasteiger partial charge in [-0.15, -0.1) is 0 Å². The number of Topliss-reactive ketones (excluding diaryl/α,β-unsaturated/α-hetero) is 1. The van der Waals surface area contributed by atoms with Crippen molar-refractivity contribution in [1.82, 2.24) is 5.32 Å². The summed E-state index contributed by atoms with van der Waals surface area (Å²) in [5.41, 5.74) is 2.50. The molecule has 1 aliphatic rings. The van der Waals surface area contributed by atoms with Crippen LogP contribution in [-0.2, 0) is 12.1 Å². The van der Waals surface area contributed by atoms with E-state index >= 15 is 0 Å². The zero-order valence-corrected chi connectivity index (χ0v) is 20.4. The highest BCUT2D eigenvalue weighted by Gasteiger charge is 2.40. The van der Waals surface area contributed by atoms with Gasteiger partial charge in [-0.2, -0.15) is 0 Å². The lowest BCUT2D eigenvalue weighted by atomic mass is 9.84. The van der Waals surface area contributed by atoms with Crippen LogP contribution in [0, 0.1) is 6.92 Å². The van der Waals surface area contributed by atoms with Crippen LogP contribution in [0.1, 0.15) is 50.9 Å². The quantitative estimate of drug-likeness (QED) is 0.360. The number of aryl methyl sites for hydroxylation is 1. The molecule has 0 unspecified atom stereocenters. The summed E-state index contributed by atoms with van der Waals surface area (Å²) in [4.78, 5) is 26.3. The molecular weight excluding hydrogens is 466 g/mol. The molecule has 0 fully saturated rings. The SMILES string of the molecule is COc1ccc(CNC(=O)c2oc3ccc4c(c3c2C)C(=O)C[C@@](C)(c2ccc(Cl)cc2)O4)cc1. The first-order chi connectivity index (χ1) is 16.8. The van der Waals surface area contributed by atoms with E-state index in [1.807, 2.05) is 43.3 Å². The van der Waals surface area contributed by atoms with Crippen molar-refractivity contribution in [3.05, 3.63) is 93.7 Å². The van der Waals surface area contributed by atoms with E-state index in [1.165, 1.54) is 0 Å². The third-order valence-electron chi connectivity index (χ3n) is 6.44. The average molecular weight is 490 g/mol. The number of rotatable bonds is 5. The van der Waals surface area contributed by atoms with E-state index in [0.717, 1.165) is 16.9 Å². The molecule has 5 rings (SSSR count). The van der Waals surface area contributed by atoms with Crippen molar-refractivity contribution in [3.8, 4) is 11.5 Å².